The van der Waals surface area contributed by atoms with Gasteiger partial charge in [-0.05, 0) is 48.4 Å². The van der Waals surface area contributed by atoms with Crippen LogP contribution in [0.4, 0.5) is 4.39 Å². The van der Waals surface area contributed by atoms with Crippen molar-refractivity contribution < 1.29 is 14.0 Å². The Balaban J connectivity index is 1.47. The smallest absolute Gasteiger partial charge is 0.235 e. The number of thioether (sulfide) groups is 1. The SMILES string of the molecule is Cc1ccc(CNC(=O)C2CCN(C(=O)C(SCc3ccccc3)C(C)C)CC2)cc1F. The Hall–Kier alpha value is -2.34. The molecule has 0 aliphatic carbocycles. The minimum atomic E-state index is -0.256. The van der Waals surface area contributed by atoms with Crippen LogP contribution in [0.1, 0.15) is 43.4 Å². The van der Waals surface area contributed by atoms with Gasteiger partial charge in [-0.25, -0.2) is 4.39 Å². The van der Waals surface area contributed by atoms with E-state index < -0.39 is 0 Å². The van der Waals surface area contributed by atoms with Gasteiger partial charge in [0.25, 0.3) is 0 Å². The molecule has 1 fully saturated rings. The van der Waals surface area contributed by atoms with Crippen LogP contribution in [0.3, 0.4) is 0 Å². The van der Waals surface area contributed by atoms with Crippen molar-refractivity contribution in [1.82, 2.24) is 10.2 Å². The van der Waals surface area contributed by atoms with Crippen LogP contribution in [0.5, 0.6) is 0 Å². The quantitative estimate of drug-likeness (QED) is 0.612. The summed E-state index contributed by atoms with van der Waals surface area (Å²) in [6.07, 6.45) is 1.32. The van der Waals surface area contributed by atoms with Gasteiger partial charge in [-0.2, -0.15) is 0 Å². The molecule has 32 heavy (non-hydrogen) atoms. The summed E-state index contributed by atoms with van der Waals surface area (Å²) in [6.45, 7) is 7.43. The molecule has 1 atom stereocenters. The molecule has 172 valence electrons. The standard InChI is InChI=1S/C26H33FN2O2S/c1-18(2)24(32-17-20-7-5-4-6-8-20)26(31)29-13-11-22(12-14-29)25(30)28-16-21-10-9-19(3)23(27)15-21/h4-10,15,18,22,24H,11-14,16-17H2,1-3H3,(H,28,30). The van der Waals surface area contributed by atoms with E-state index in [0.29, 0.717) is 38.0 Å². The van der Waals surface area contributed by atoms with Gasteiger partial charge < -0.3 is 10.2 Å². The Morgan fingerprint density at radius 3 is 2.41 bits per heavy atom. The Bertz CT molecular complexity index is 911. The van der Waals surface area contributed by atoms with Gasteiger partial charge in [0.1, 0.15) is 5.82 Å². The average Bonchev–Trinajstić information content (AvgIpc) is 2.80. The summed E-state index contributed by atoms with van der Waals surface area (Å²) in [5.41, 5.74) is 2.57. The highest BCUT2D eigenvalue weighted by atomic mass is 32.2. The molecule has 2 amide bonds. The van der Waals surface area contributed by atoms with Crippen molar-refractivity contribution in [3.05, 3.63) is 71.0 Å². The zero-order chi connectivity index (χ0) is 23.1. The number of piperidine rings is 1. The minimum absolute atomic E-state index is 0.0167. The zero-order valence-corrected chi connectivity index (χ0v) is 20.0. The third-order valence-corrected chi connectivity index (χ3v) is 7.61. The molecule has 1 aliphatic heterocycles. The summed E-state index contributed by atoms with van der Waals surface area (Å²) in [6, 6.07) is 15.2. The summed E-state index contributed by atoms with van der Waals surface area (Å²) in [5.74, 6) is 0.852. The maximum atomic E-state index is 13.7. The van der Waals surface area contributed by atoms with Crippen molar-refractivity contribution >= 4 is 23.6 Å². The molecule has 1 N–H and O–H groups in total. The topological polar surface area (TPSA) is 49.4 Å². The highest BCUT2D eigenvalue weighted by molar-refractivity contribution is 7.99. The summed E-state index contributed by atoms with van der Waals surface area (Å²) in [5, 5.41) is 2.84. The van der Waals surface area contributed by atoms with E-state index in [9.17, 15) is 14.0 Å². The van der Waals surface area contributed by atoms with E-state index >= 15 is 0 Å². The Labute approximate surface area is 195 Å². The largest absolute Gasteiger partial charge is 0.352 e. The zero-order valence-electron chi connectivity index (χ0n) is 19.1. The first-order valence-electron chi connectivity index (χ1n) is 11.3. The van der Waals surface area contributed by atoms with Gasteiger partial charge >= 0.3 is 0 Å². The average molecular weight is 457 g/mol. The van der Waals surface area contributed by atoms with Crippen LogP contribution in [0.2, 0.25) is 0 Å². The van der Waals surface area contributed by atoms with Crippen molar-refractivity contribution in [2.24, 2.45) is 11.8 Å². The summed E-state index contributed by atoms with van der Waals surface area (Å²) >= 11 is 1.70. The normalized spacial score (nSPS) is 15.6. The van der Waals surface area contributed by atoms with E-state index in [1.165, 1.54) is 11.6 Å². The first-order valence-corrected chi connectivity index (χ1v) is 12.4. The summed E-state index contributed by atoms with van der Waals surface area (Å²) in [4.78, 5) is 27.7. The molecule has 2 aromatic rings. The monoisotopic (exact) mass is 456 g/mol. The molecular formula is C26H33FN2O2S. The number of likely N-dealkylation sites (tertiary alicyclic amines) is 1. The second kappa shape index (κ2) is 11.5. The fourth-order valence-corrected chi connectivity index (χ4v) is 5.17. The lowest BCUT2D eigenvalue weighted by atomic mass is 9.95. The number of rotatable bonds is 8. The number of nitrogens with zero attached hydrogens (tertiary/aromatic N) is 1. The number of carbonyl (C=O) groups excluding carboxylic acids is 2. The maximum Gasteiger partial charge on any atom is 0.235 e. The summed E-state index contributed by atoms with van der Waals surface area (Å²) < 4.78 is 13.7. The Morgan fingerprint density at radius 2 is 1.78 bits per heavy atom. The van der Waals surface area contributed by atoms with E-state index in [1.807, 2.05) is 29.2 Å². The van der Waals surface area contributed by atoms with Gasteiger partial charge in [0.15, 0.2) is 0 Å². The molecule has 1 unspecified atom stereocenters. The van der Waals surface area contributed by atoms with Crippen LogP contribution in [0.25, 0.3) is 0 Å². The summed E-state index contributed by atoms with van der Waals surface area (Å²) in [7, 11) is 0. The Morgan fingerprint density at radius 1 is 1.09 bits per heavy atom. The lowest BCUT2D eigenvalue weighted by Gasteiger charge is -2.34. The Kier molecular flexibility index (Phi) is 8.74. The van der Waals surface area contributed by atoms with Crippen molar-refractivity contribution in [3.8, 4) is 0 Å². The maximum absolute atomic E-state index is 13.7. The van der Waals surface area contributed by atoms with E-state index in [2.05, 4.69) is 31.3 Å². The molecule has 0 saturated carbocycles. The molecule has 1 aliphatic rings. The molecule has 0 spiro atoms. The minimum Gasteiger partial charge on any atom is -0.352 e. The highest BCUT2D eigenvalue weighted by Gasteiger charge is 2.32. The van der Waals surface area contributed by atoms with Crippen LogP contribution >= 0.6 is 11.8 Å². The van der Waals surface area contributed by atoms with E-state index in [4.69, 9.17) is 0 Å². The highest BCUT2D eigenvalue weighted by Crippen LogP contribution is 2.28. The van der Waals surface area contributed by atoms with Gasteiger partial charge in [-0.15, -0.1) is 11.8 Å². The van der Waals surface area contributed by atoms with Crippen LogP contribution in [0, 0.1) is 24.6 Å². The van der Waals surface area contributed by atoms with Gasteiger partial charge in [0, 0.05) is 31.3 Å². The fraction of sp³-hybridized carbons (Fsp3) is 0.462. The third kappa shape index (κ3) is 6.58. The van der Waals surface area contributed by atoms with Gasteiger partial charge in [-0.1, -0.05) is 56.3 Å². The second-order valence-electron chi connectivity index (χ2n) is 8.86. The van der Waals surface area contributed by atoms with Crippen molar-refractivity contribution in [2.45, 2.75) is 51.2 Å². The van der Waals surface area contributed by atoms with E-state index in [1.54, 1.807) is 24.8 Å². The predicted octanol–water partition coefficient (Wildman–Crippen LogP) is 4.95. The number of amides is 2. The van der Waals surface area contributed by atoms with Crippen LogP contribution in [0.15, 0.2) is 48.5 Å². The molecule has 3 rings (SSSR count). The van der Waals surface area contributed by atoms with E-state index in [-0.39, 0.29) is 34.7 Å². The van der Waals surface area contributed by atoms with Gasteiger partial charge in [0.2, 0.25) is 11.8 Å². The number of aryl methyl sites for hydroxylation is 1. The molecule has 2 aromatic carbocycles. The molecule has 1 heterocycles. The van der Waals surface area contributed by atoms with Crippen molar-refractivity contribution in [1.29, 1.82) is 0 Å². The van der Waals surface area contributed by atoms with Crippen LogP contribution < -0.4 is 5.32 Å². The fourth-order valence-electron chi connectivity index (χ4n) is 3.93. The number of hydrogen-bond acceptors (Lipinski definition) is 3. The predicted molar refractivity (Wildman–Crippen MR) is 129 cm³/mol. The molecular weight excluding hydrogens is 423 g/mol. The molecule has 6 heteroatoms. The van der Waals surface area contributed by atoms with Gasteiger partial charge in [-0.3, -0.25) is 9.59 Å². The number of halogens is 1. The number of carbonyl (C=O) groups is 2. The third-order valence-electron chi connectivity index (χ3n) is 6.00. The van der Waals surface area contributed by atoms with Gasteiger partial charge in [0.05, 0.1) is 5.25 Å². The lowest BCUT2D eigenvalue weighted by molar-refractivity contribution is -0.135. The number of hydrogen-bond donors (Lipinski definition) is 1. The number of benzene rings is 2. The molecule has 0 bridgehead atoms. The van der Waals surface area contributed by atoms with Crippen LogP contribution in [-0.2, 0) is 21.9 Å². The van der Waals surface area contributed by atoms with Crippen molar-refractivity contribution in [2.75, 3.05) is 13.1 Å². The second-order valence-corrected chi connectivity index (χ2v) is 9.99. The van der Waals surface area contributed by atoms with E-state index in [0.717, 1.165) is 11.3 Å². The molecule has 4 nitrogen and oxygen atoms in total. The lowest BCUT2D eigenvalue weighted by Crippen LogP contribution is -2.46. The molecule has 0 aromatic heterocycles. The first kappa shape index (κ1) is 24.3. The molecule has 0 radical (unpaired) electrons. The number of nitrogens with one attached hydrogen (secondary N) is 1. The van der Waals surface area contributed by atoms with Crippen molar-refractivity contribution in [3.63, 3.8) is 0 Å². The van der Waals surface area contributed by atoms with Crippen LogP contribution in [-0.4, -0.2) is 35.1 Å². The first-order chi connectivity index (χ1) is 15.3. The molecule has 1 saturated heterocycles.